The van der Waals surface area contributed by atoms with Gasteiger partial charge < -0.3 is 5.11 Å². The van der Waals surface area contributed by atoms with Gasteiger partial charge in [-0.1, -0.05) is 49.2 Å². The number of alkyl halides is 4. The van der Waals surface area contributed by atoms with Crippen molar-refractivity contribution in [1.29, 1.82) is 0 Å². The first kappa shape index (κ1) is 28.0. The lowest BCUT2D eigenvalue weighted by molar-refractivity contribution is -0.137. The Hall–Kier alpha value is -3.00. The second-order valence-corrected chi connectivity index (χ2v) is 9.95. The summed E-state index contributed by atoms with van der Waals surface area (Å²) in [6.45, 7) is 3.03. The van der Waals surface area contributed by atoms with Crippen LogP contribution in [0.25, 0.3) is 22.4 Å². The van der Waals surface area contributed by atoms with Crippen LogP contribution in [0.2, 0.25) is 10.0 Å². The molecular weight excluding hydrogens is 544 g/mol. The highest BCUT2D eigenvalue weighted by atomic mass is 35.5. The average molecular weight is 566 g/mol. The summed E-state index contributed by atoms with van der Waals surface area (Å²) in [5.74, 6) is -0.800. The molecule has 0 saturated carbocycles. The van der Waals surface area contributed by atoms with E-state index in [1.54, 1.807) is 26.0 Å². The first-order valence-corrected chi connectivity index (χ1v) is 12.4. The van der Waals surface area contributed by atoms with Gasteiger partial charge in [0.25, 0.3) is 0 Å². The van der Waals surface area contributed by atoms with E-state index in [1.165, 1.54) is 30.3 Å². The van der Waals surface area contributed by atoms with E-state index in [-0.39, 0.29) is 38.2 Å². The van der Waals surface area contributed by atoms with E-state index in [0.29, 0.717) is 22.5 Å². The monoisotopic (exact) mass is 565 g/mol. The van der Waals surface area contributed by atoms with Crippen molar-refractivity contribution in [3.05, 3.63) is 111 Å². The average Bonchev–Trinajstić information content (AvgIpc) is 2.86. The molecular formula is C29H22Cl2F5NO. The van der Waals surface area contributed by atoms with Crippen molar-refractivity contribution in [1.82, 2.24) is 4.98 Å². The zero-order chi connectivity index (χ0) is 27.8. The maximum Gasteiger partial charge on any atom is 0.416 e. The van der Waals surface area contributed by atoms with Crippen LogP contribution in [0.5, 0.6) is 0 Å². The van der Waals surface area contributed by atoms with Crippen LogP contribution in [0.15, 0.2) is 66.7 Å². The van der Waals surface area contributed by atoms with E-state index >= 15 is 4.39 Å². The predicted molar refractivity (Wildman–Crippen MR) is 139 cm³/mol. The molecule has 1 unspecified atom stereocenters. The molecule has 2 nitrogen and oxygen atoms in total. The minimum absolute atomic E-state index is 0.0190. The van der Waals surface area contributed by atoms with Crippen molar-refractivity contribution in [2.45, 2.75) is 38.7 Å². The molecule has 0 amide bonds. The Morgan fingerprint density at radius 3 is 1.95 bits per heavy atom. The van der Waals surface area contributed by atoms with Crippen LogP contribution < -0.4 is 0 Å². The van der Waals surface area contributed by atoms with Gasteiger partial charge in [0.1, 0.15) is 5.82 Å². The van der Waals surface area contributed by atoms with Crippen molar-refractivity contribution in [3.63, 3.8) is 0 Å². The summed E-state index contributed by atoms with van der Waals surface area (Å²) in [6.07, 6.45) is -6.47. The fourth-order valence-electron chi connectivity index (χ4n) is 4.39. The van der Waals surface area contributed by atoms with E-state index in [9.17, 15) is 22.7 Å². The highest BCUT2D eigenvalue weighted by molar-refractivity contribution is 6.35. The molecule has 0 radical (unpaired) electrons. The smallest absolute Gasteiger partial charge is 0.392 e. The molecule has 0 bridgehead atoms. The van der Waals surface area contributed by atoms with Crippen LogP contribution in [0.3, 0.4) is 0 Å². The topological polar surface area (TPSA) is 33.1 Å². The summed E-state index contributed by atoms with van der Waals surface area (Å²) in [5.41, 5.74) is 1.17. The molecule has 9 heteroatoms. The summed E-state index contributed by atoms with van der Waals surface area (Å²) < 4.78 is 69.5. The molecule has 0 aliphatic carbocycles. The number of nitrogens with zero attached hydrogens (tertiary/aromatic N) is 1. The number of hydrogen-bond acceptors (Lipinski definition) is 2. The van der Waals surface area contributed by atoms with Crippen molar-refractivity contribution in [3.8, 4) is 22.4 Å². The molecule has 38 heavy (non-hydrogen) atoms. The Morgan fingerprint density at radius 1 is 0.868 bits per heavy atom. The predicted octanol–water partition coefficient (Wildman–Crippen LogP) is 9.55. The van der Waals surface area contributed by atoms with Gasteiger partial charge in [-0.25, -0.2) is 8.78 Å². The second kappa shape index (κ2) is 11.0. The van der Waals surface area contributed by atoms with Crippen LogP contribution in [0.1, 0.15) is 53.9 Å². The normalized spacial score (nSPS) is 12.7. The highest BCUT2D eigenvalue weighted by Crippen LogP contribution is 2.45. The Balaban J connectivity index is 2.07. The number of aromatic nitrogens is 1. The van der Waals surface area contributed by atoms with Crippen LogP contribution in [-0.2, 0) is 12.8 Å². The SMILES string of the molecule is CC(C)c1nc(-c2ccc(F)cc2)c(CO)c(-c2cc(Cl)cc(Cl)c2)c1C(F)c1ccc(C(F)(F)F)cc1. The van der Waals surface area contributed by atoms with Gasteiger partial charge in [0, 0.05) is 26.7 Å². The number of aliphatic hydroxyl groups is 1. The highest BCUT2D eigenvalue weighted by Gasteiger charge is 2.32. The molecule has 0 saturated heterocycles. The Bertz CT molecular complexity index is 1430. The number of benzene rings is 3. The lowest BCUT2D eigenvalue weighted by atomic mass is 9.84. The number of rotatable bonds is 6. The van der Waals surface area contributed by atoms with Gasteiger partial charge in [0.2, 0.25) is 0 Å². The molecule has 198 valence electrons. The number of halogens is 7. The Morgan fingerprint density at radius 2 is 1.45 bits per heavy atom. The third-order valence-electron chi connectivity index (χ3n) is 6.12. The maximum atomic E-state index is 16.4. The van der Waals surface area contributed by atoms with Gasteiger partial charge >= 0.3 is 6.18 Å². The molecule has 1 atom stereocenters. The standard InChI is InChI=1S/C29H22Cl2F5NO/c1-15(2)27-25(26(33)16-3-7-19(8-4-16)29(34,35)36)24(18-11-20(30)13-21(31)12-18)23(14-38)28(37-27)17-5-9-22(32)10-6-17/h3-13,15,26,38H,14H2,1-2H3. The van der Waals surface area contributed by atoms with Crippen LogP contribution in [0.4, 0.5) is 22.0 Å². The van der Waals surface area contributed by atoms with E-state index in [2.05, 4.69) is 0 Å². The lowest BCUT2D eigenvalue weighted by Gasteiger charge is -2.25. The molecule has 0 spiro atoms. The van der Waals surface area contributed by atoms with Gasteiger partial charge in [0.15, 0.2) is 6.17 Å². The summed E-state index contributed by atoms with van der Waals surface area (Å²) in [6, 6.07) is 13.9. The van der Waals surface area contributed by atoms with E-state index in [0.717, 1.165) is 24.3 Å². The lowest BCUT2D eigenvalue weighted by Crippen LogP contribution is -2.12. The number of hydrogen-bond donors (Lipinski definition) is 1. The third kappa shape index (κ3) is 5.70. The molecule has 1 aromatic heterocycles. The molecule has 1 heterocycles. The number of aliphatic hydroxyl groups excluding tert-OH is 1. The van der Waals surface area contributed by atoms with Crippen molar-refractivity contribution >= 4 is 23.2 Å². The first-order valence-electron chi connectivity index (χ1n) is 11.6. The van der Waals surface area contributed by atoms with E-state index in [1.807, 2.05) is 0 Å². The van der Waals surface area contributed by atoms with Crippen molar-refractivity contribution in [2.24, 2.45) is 0 Å². The van der Waals surface area contributed by atoms with Crippen LogP contribution in [-0.4, -0.2) is 10.1 Å². The maximum absolute atomic E-state index is 16.4. The molecule has 4 rings (SSSR count). The van der Waals surface area contributed by atoms with Crippen LogP contribution >= 0.6 is 23.2 Å². The zero-order valence-electron chi connectivity index (χ0n) is 20.3. The zero-order valence-corrected chi connectivity index (χ0v) is 21.8. The van der Waals surface area contributed by atoms with Crippen molar-refractivity contribution < 1.29 is 27.1 Å². The van der Waals surface area contributed by atoms with Gasteiger partial charge in [-0.05, 0) is 77.2 Å². The Labute approximate surface area is 226 Å². The fraction of sp³-hybridized carbons (Fsp3) is 0.207. The summed E-state index contributed by atoms with van der Waals surface area (Å²) in [7, 11) is 0. The van der Waals surface area contributed by atoms with Crippen molar-refractivity contribution in [2.75, 3.05) is 0 Å². The first-order chi connectivity index (χ1) is 17.9. The van der Waals surface area contributed by atoms with Gasteiger partial charge in [-0.2, -0.15) is 13.2 Å². The molecule has 3 aromatic carbocycles. The van der Waals surface area contributed by atoms with E-state index in [4.69, 9.17) is 28.2 Å². The van der Waals surface area contributed by atoms with E-state index < -0.39 is 30.3 Å². The summed E-state index contributed by atoms with van der Waals surface area (Å²) in [4.78, 5) is 4.71. The number of pyridine rings is 1. The molecule has 1 N–H and O–H groups in total. The fourth-order valence-corrected chi connectivity index (χ4v) is 4.92. The summed E-state index contributed by atoms with van der Waals surface area (Å²) in [5, 5.41) is 11.0. The van der Waals surface area contributed by atoms with Gasteiger partial charge in [0.05, 0.1) is 23.6 Å². The largest absolute Gasteiger partial charge is 0.416 e. The molecule has 0 aliphatic heterocycles. The van der Waals surface area contributed by atoms with Gasteiger partial charge in [-0.15, -0.1) is 0 Å². The molecule has 4 aromatic rings. The molecule has 0 aliphatic rings. The quantitative estimate of drug-likeness (QED) is 0.236. The second-order valence-electron chi connectivity index (χ2n) is 9.07. The van der Waals surface area contributed by atoms with Gasteiger partial charge in [-0.3, -0.25) is 4.98 Å². The minimum Gasteiger partial charge on any atom is -0.392 e. The van der Waals surface area contributed by atoms with Crippen LogP contribution in [0, 0.1) is 5.82 Å². The Kier molecular flexibility index (Phi) is 8.12. The summed E-state index contributed by atoms with van der Waals surface area (Å²) >= 11 is 12.6. The minimum atomic E-state index is -4.57. The molecule has 0 fully saturated rings. The third-order valence-corrected chi connectivity index (χ3v) is 6.56.